The van der Waals surface area contributed by atoms with Crippen LogP contribution in [0.1, 0.15) is 10.4 Å². The van der Waals surface area contributed by atoms with Crippen LogP contribution in [0.4, 0.5) is 22.7 Å². The standard InChI is InChI=1S/C19H22N8O2S/c1-26(2)16(28)12-3-5-13(6-4-12)22-18-23-15(14-11-21-17(20)30-14)24-19(25-18)27-7-9-29-10-8-27/h3-6,11H,7-10H2,1-2H3,(H2,20,21)(H,22,23,24,25). The molecule has 3 N–H and O–H groups in total. The lowest BCUT2D eigenvalue weighted by Gasteiger charge is -2.27. The maximum Gasteiger partial charge on any atom is 0.253 e. The summed E-state index contributed by atoms with van der Waals surface area (Å²) in [6.45, 7) is 2.65. The molecule has 11 heteroatoms. The average molecular weight is 427 g/mol. The molecule has 2 aromatic heterocycles. The molecule has 0 atom stereocenters. The lowest BCUT2D eigenvalue weighted by Crippen LogP contribution is -2.37. The third kappa shape index (κ3) is 4.47. The van der Waals surface area contributed by atoms with Crippen molar-refractivity contribution in [2.45, 2.75) is 0 Å². The van der Waals surface area contributed by atoms with Crippen molar-refractivity contribution in [1.82, 2.24) is 24.8 Å². The number of rotatable bonds is 5. The zero-order chi connectivity index (χ0) is 21.1. The third-order valence-electron chi connectivity index (χ3n) is 4.46. The van der Waals surface area contributed by atoms with Gasteiger partial charge in [0.2, 0.25) is 11.9 Å². The Kier molecular flexibility index (Phi) is 5.72. The van der Waals surface area contributed by atoms with Crippen LogP contribution in [0.5, 0.6) is 0 Å². The molecule has 3 heterocycles. The first kappa shape index (κ1) is 20.0. The van der Waals surface area contributed by atoms with E-state index in [1.54, 1.807) is 32.4 Å². The van der Waals surface area contributed by atoms with E-state index in [-0.39, 0.29) is 5.91 Å². The molecule has 1 amide bonds. The lowest BCUT2D eigenvalue weighted by molar-refractivity contribution is 0.0827. The van der Waals surface area contributed by atoms with Crippen molar-refractivity contribution in [3.63, 3.8) is 0 Å². The Labute approximate surface area is 177 Å². The van der Waals surface area contributed by atoms with Gasteiger partial charge in [-0.1, -0.05) is 11.3 Å². The van der Waals surface area contributed by atoms with Crippen molar-refractivity contribution < 1.29 is 9.53 Å². The molecule has 10 nitrogen and oxygen atoms in total. The average Bonchev–Trinajstić information content (AvgIpc) is 3.20. The number of hydrogen-bond donors (Lipinski definition) is 2. The number of carbonyl (C=O) groups is 1. The van der Waals surface area contributed by atoms with Gasteiger partial charge in [0, 0.05) is 38.4 Å². The zero-order valence-electron chi connectivity index (χ0n) is 16.7. The Morgan fingerprint density at radius 3 is 2.53 bits per heavy atom. The van der Waals surface area contributed by atoms with Gasteiger partial charge in [0.25, 0.3) is 5.91 Å². The minimum atomic E-state index is -0.0543. The largest absolute Gasteiger partial charge is 0.378 e. The highest BCUT2D eigenvalue weighted by Gasteiger charge is 2.18. The van der Waals surface area contributed by atoms with Gasteiger partial charge in [-0.2, -0.15) is 15.0 Å². The van der Waals surface area contributed by atoms with Crippen LogP contribution < -0.4 is 16.0 Å². The van der Waals surface area contributed by atoms with E-state index in [2.05, 4.69) is 30.2 Å². The van der Waals surface area contributed by atoms with Crippen molar-refractivity contribution in [1.29, 1.82) is 0 Å². The van der Waals surface area contributed by atoms with E-state index in [9.17, 15) is 4.79 Å². The molecule has 0 bridgehead atoms. The van der Waals surface area contributed by atoms with Gasteiger partial charge in [0.15, 0.2) is 11.0 Å². The second-order valence-corrected chi connectivity index (χ2v) is 7.91. The van der Waals surface area contributed by atoms with Crippen LogP contribution >= 0.6 is 11.3 Å². The summed E-state index contributed by atoms with van der Waals surface area (Å²) >= 11 is 1.32. The fourth-order valence-electron chi connectivity index (χ4n) is 2.91. The number of carbonyl (C=O) groups excluding carboxylic acids is 1. The molecule has 156 valence electrons. The van der Waals surface area contributed by atoms with E-state index < -0.39 is 0 Å². The number of benzene rings is 1. The van der Waals surface area contributed by atoms with Crippen LogP contribution in [0.3, 0.4) is 0 Å². The highest BCUT2D eigenvalue weighted by Crippen LogP contribution is 2.27. The van der Waals surface area contributed by atoms with E-state index >= 15 is 0 Å². The lowest BCUT2D eigenvalue weighted by atomic mass is 10.2. The van der Waals surface area contributed by atoms with Crippen LogP contribution in [0.15, 0.2) is 30.5 Å². The number of nitrogens with two attached hydrogens (primary N) is 1. The molecule has 1 fully saturated rings. The number of nitrogen functional groups attached to an aromatic ring is 1. The first-order valence-corrected chi connectivity index (χ1v) is 10.2. The normalized spacial score (nSPS) is 13.9. The van der Waals surface area contributed by atoms with Crippen LogP contribution in [0.2, 0.25) is 0 Å². The molecule has 0 aliphatic carbocycles. The summed E-state index contributed by atoms with van der Waals surface area (Å²) in [5, 5.41) is 3.66. The van der Waals surface area contributed by atoms with Crippen LogP contribution in [-0.2, 0) is 4.74 Å². The number of hydrogen-bond acceptors (Lipinski definition) is 10. The molecule has 1 aliphatic heterocycles. The van der Waals surface area contributed by atoms with Crippen molar-refractivity contribution >= 4 is 40.0 Å². The number of thiazole rings is 1. The van der Waals surface area contributed by atoms with Crippen LogP contribution in [-0.4, -0.2) is 71.1 Å². The molecule has 4 rings (SSSR count). The quantitative estimate of drug-likeness (QED) is 0.629. The molecule has 0 unspecified atom stereocenters. The number of morpholine rings is 1. The number of aromatic nitrogens is 4. The van der Waals surface area contributed by atoms with E-state index in [1.165, 1.54) is 16.2 Å². The predicted molar refractivity (Wildman–Crippen MR) is 116 cm³/mol. The summed E-state index contributed by atoms with van der Waals surface area (Å²) in [4.78, 5) is 34.3. The topological polar surface area (TPSA) is 122 Å². The Morgan fingerprint density at radius 1 is 1.17 bits per heavy atom. The Bertz CT molecular complexity index is 1030. The van der Waals surface area contributed by atoms with Crippen LogP contribution in [0.25, 0.3) is 10.7 Å². The van der Waals surface area contributed by atoms with E-state index in [0.717, 1.165) is 10.6 Å². The fourth-order valence-corrected chi connectivity index (χ4v) is 3.53. The molecule has 0 radical (unpaired) electrons. The van der Waals surface area contributed by atoms with Gasteiger partial charge in [-0.05, 0) is 24.3 Å². The minimum absolute atomic E-state index is 0.0543. The number of nitrogens with one attached hydrogen (secondary N) is 1. The predicted octanol–water partition coefficient (Wildman–Crippen LogP) is 1.86. The minimum Gasteiger partial charge on any atom is -0.378 e. The highest BCUT2D eigenvalue weighted by molar-refractivity contribution is 7.18. The van der Waals surface area contributed by atoms with E-state index in [0.29, 0.717) is 54.7 Å². The molecular formula is C19H22N8O2S. The summed E-state index contributed by atoms with van der Waals surface area (Å²) in [5.41, 5.74) is 7.15. The number of amides is 1. The van der Waals surface area contributed by atoms with Gasteiger partial charge in [0.1, 0.15) is 0 Å². The first-order chi connectivity index (χ1) is 14.5. The smallest absolute Gasteiger partial charge is 0.253 e. The van der Waals surface area contributed by atoms with Gasteiger partial charge in [-0.25, -0.2) is 4.98 Å². The zero-order valence-corrected chi connectivity index (χ0v) is 17.5. The number of ether oxygens (including phenoxy) is 1. The second kappa shape index (κ2) is 8.59. The fraction of sp³-hybridized carbons (Fsp3) is 0.316. The summed E-state index contributed by atoms with van der Waals surface area (Å²) in [6.07, 6.45) is 1.66. The summed E-state index contributed by atoms with van der Waals surface area (Å²) in [6, 6.07) is 7.16. The van der Waals surface area contributed by atoms with E-state index in [1.807, 2.05) is 12.1 Å². The Balaban J connectivity index is 1.63. The molecular weight excluding hydrogens is 404 g/mol. The molecule has 1 aliphatic rings. The Morgan fingerprint density at radius 2 is 1.90 bits per heavy atom. The maximum atomic E-state index is 12.1. The van der Waals surface area contributed by atoms with Gasteiger partial charge in [-0.3, -0.25) is 4.79 Å². The number of nitrogens with zero attached hydrogens (tertiary/aromatic N) is 6. The molecule has 0 saturated carbocycles. The summed E-state index contributed by atoms with van der Waals surface area (Å²) < 4.78 is 5.43. The molecule has 1 aromatic carbocycles. The van der Waals surface area contributed by atoms with Gasteiger partial charge in [-0.15, -0.1) is 0 Å². The van der Waals surface area contributed by atoms with Crippen LogP contribution in [0, 0.1) is 0 Å². The molecule has 1 saturated heterocycles. The number of anilines is 4. The molecule has 30 heavy (non-hydrogen) atoms. The second-order valence-electron chi connectivity index (χ2n) is 6.85. The SMILES string of the molecule is CN(C)C(=O)c1ccc(Nc2nc(-c3cnc(N)s3)nc(N3CCOCC3)n2)cc1. The molecule has 0 spiro atoms. The van der Waals surface area contributed by atoms with Crippen molar-refractivity contribution in [2.24, 2.45) is 0 Å². The van der Waals surface area contributed by atoms with Crippen molar-refractivity contribution in [3.8, 4) is 10.7 Å². The van der Waals surface area contributed by atoms with Crippen molar-refractivity contribution in [2.75, 3.05) is 56.3 Å². The monoisotopic (exact) mass is 426 g/mol. The first-order valence-electron chi connectivity index (χ1n) is 9.39. The highest BCUT2D eigenvalue weighted by atomic mass is 32.1. The molecule has 3 aromatic rings. The summed E-state index contributed by atoms with van der Waals surface area (Å²) in [7, 11) is 3.44. The van der Waals surface area contributed by atoms with Gasteiger partial charge >= 0.3 is 0 Å². The van der Waals surface area contributed by atoms with Gasteiger partial charge < -0.3 is 25.6 Å². The third-order valence-corrected chi connectivity index (χ3v) is 5.28. The van der Waals surface area contributed by atoms with Crippen molar-refractivity contribution in [3.05, 3.63) is 36.0 Å². The maximum absolute atomic E-state index is 12.1. The summed E-state index contributed by atoms with van der Waals surface area (Å²) in [5.74, 6) is 1.42. The van der Waals surface area contributed by atoms with Gasteiger partial charge in [0.05, 0.1) is 24.3 Å². The van der Waals surface area contributed by atoms with E-state index in [4.69, 9.17) is 10.5 Å². The Hall–Kier alpha value is -3.31.